The van der Waals surface area contributed by atoms with Gasteiger partial charge in [-0.25, -0.2) is 0 Å². The van der Waals surface area contributed by atoms with Crippen LogP contribution >= 0.6 is 15.9 Å². The minimum Gasteiger partial charge on any atom is -0.385 e. The van der Waals surface area contributed by atoms with E-state index < -0.39 is 0 Å². The van der Waals surface area contributed by atoms with E-state index in [0.717, 1.165) is 23.9 Å². The number of hydrogen-bond donors (Lipinski definition) is 1. The quantitative estimate of drug-likeness (QED) is 0.688. The fourth-order valence-electron chi connectivity index (χ4n) is 1.94. The van der Waals surface area contributed by atoms with Gasteiger partial charge in [-0.15, -0.1) is 0 Å². The lowest BCUT2D eigenvalue weighted by Gasteiger charge is -2.18. The topological polar surface area (TPSA) is 30.5 Å². The zero-order valence-corrected chi connectivity index (χ0v) is 13.6. The maximum atomic E-state index is 5.53. The van der Waals surface area contributed by atoms with Gasteiger partial charge in [-0.1, -0.05) is 22.9 Å². The molecule has 0 unspecified atom stereocenters. The molecule has 1 N–H and O–H groups in total. The van der Waals surface area contributed by atoms with Crippen LogP contribution in [0.4, 0.5) is 5.69 Å². The van der Waals surface area contributed by atoms with Crippen molar-refractivity contribution in [3.05, 3.63) is 28.2 Å². The highest BCUT2D eigenvalue weighted by Crippen LogP contribution is 2.21. The van der Waals surface area contributed by atoms with Gasteiger partial charge < -0.3 is 14.8 Å². The van der Waals surface area contributed by atoms with Crippen LogP contribution in [0.5, 0.6) is 0 Å². The maximum absolute atomic E-state index is 5.53. The van der Waals surface area contributed by atoms with E-state index >= 15 is 0 Å². The summed E-state index contributed by atoms with van der Waals surface area (Å²) in [6.07, 6.45) is 1.76. The molecular weight excluding hydrogens is 306 g/mol. The molecule has 4 heteroatoms. The smallest absolute Gasteiger partial charge is 0.159 e. The molecule has 19 heavy (non-hydrogen) atoms. The van der Waals surface area contributed by atoms with Gasteiger partial charge in [-0.05, 0) is 44.0 Å². The fraction of sp³-hybridized carbons (Fsp3) is 0.600. The summed E-state index contributed by atoms with van der Waals surface area (Å²) >= 11 is 3.50. The van der Waals surface area contributed by atoms with Gasteiger partial charge >= 0.3 is 0 Å². The summed E-state index contributed by atoms with van der Waals surface area (Å²) in [7, 11) is 0. The van der Waals surface area contributed by atoms with Crippen molar-refractivity contribution < 1.29 is 9.47 Å². The van der Waals surface area contributed by atoms with E-state index in [9.17, 15) is 0 Å². The number of ether oxygens (including phenoxy) is 2. The molecule has 1 rings (SSSR count). The normalized spacial score (nSPS) is 11.0. The summed E-state index contributed by atoms with van der Waals surface area (Å²) in [6, 6.07) is 6.33. The minimum atomic E-state index is -0.108. The van der Waals surface area contributed by atoms with Crippen molar-refractivity contribution >= 4 is 21.6 Å². The molecule has 0 spiro atoms. The predicted octanol–water partition coefficient (Wildman–Crippen LogP) is 4.21. The minimum absolute atomic E-state index is 0.108. The largest absolute Gasteiger partial charge is 0.385 e. The van der Waals surface area contributed by atoms with Crippen LogP contribution in [0.15, 0.2) is 22.7 Å². The van der Waals surface area contributed by atoms with Crippen molar-refractivity contribution in [2.45, 2.75) is 39.9 Å². The van der Waals surface area contributed by atoms with Crippen molar-refractivity contribution in [1.82, 2.24) is 0 Å². The lowest BCUT2D eigenvalue weighted by Crippen LogP contribution is -2.21. The third-order valence-electron chi connectivity index (χ3n) is 2.85. The maximum Gasteiger partial charge on any atom is 0.159 e. The van der Waals surface area contributed by atoms with E-state index in [2.05, 4.69) is 46.4 Å². The highest BCUT2D eigenvalue weighted by Gasteiger charge is 2.08. The summed E-state index contributed by atoms with van der Waals surface area (Å²) in [5.74, 6) is 0. The average molecular weight is 330 g/mol. The third kappa shape index (κ3) is 5.93. The van der Waals surface area contributed by atoms with Crippen molar-refractivity contribution in [2.24, 2.45) is 0 Å². The number of aryl methyl sites for hydroxylation is 1. The summed E-state index contributed by atoms with van der Waals surface area (Å²) in [6.45, 7) is 8.36. The summed E-state index contributed by atoms with van der Waals surface area (Å²) in [5.41, 5.74) is 2.51. The average Bonchev–Trinajstić information content (AvgIpc) is 2.40. The summed E-state index contributed by atoms with van der Waals surface area (Å²) in [5, 5.41) is 3.46. The van der Waals surface area contributed by atoms with Crippen LogP contribution in [-0.4, -0.2) is 26.0 Å². The van der Waals surface area contributed by atoms with Crippen LogP contribution in [-0.2, 0) is 15.9 Å². The second kappa shape index (κ2) is 9.34. The van der Waals surface area contributed by atoms with Crippen molar-refractivity contribution in [3.8, 4) is 0 Å². The molecular formula is C15H24BrNO2. The van der Waals surface area contributed by atoms with Gasteiger partial charge in [0, 0.05) is 36.3 Å². The standard InChI is InChI=1S/C15H24BrNO2/c1-4-12-11-13(16)7-8-14(12)17-10-9-15(18-5-2)19-6-3/h7-8,11,15,17H,4-6,9-10H2,1-3H3. The number of nitrogens with one attached hydrogen (secondary N) is 1. The van der Waals surface area contributed by atoms with Crippen LogP contribution < -0.4 is 5.32 Å². The monoisotopic (exact) mass is 329 g/mol. The van der Waals surface area contributed by atoms with E-state index in [4.69, 9.17) is 9.47 Å². The van der Waals surface area contributed by atoms with Gasteiger partial charge in [0.1, 0.15) is 0 Å². The second-order valence-electron chi connectivity index (χ2n) is 4.21. The summed E-state index contributed by atoms with van der Waals surface area (Å²) < 4.78 is 12.2. The van der Waals surface area contributed by atoms with E-state index in [0.29, 0.717) is 13.2 Å². The number of halogens is 1. The van der Waals surface area contributed by atoms with E-state index in [1.807, 2.05) is 13.8 Å². The molecule has 1 aromatic rings. The Balaban J connectivity index is 2.47. The van der Waals surface area contributed by atoms with Gasteiger partial charge in [0.05, 0.1) is 0 Å². The number of anilines is 1. The fourth-order valence-corrected chi connectivity index (χ4v) is 2.35. The molecule has 0 aromatic heterocycles. The first kappa shape index (κ1) is 16.5. The molecule has 108 valence electrons. The predicted molar refractivity (Wildman–Crippen MR) is 83.7 cm³/mol. The Kier molecular flexibility index (Phi) is 8.10. The van der Waals surface area contributed by atoms with E-state index in [1.54, 1.807) is 0 Å². The van der Waals surface area contributed by atoms with Gasteiger partial charge in [-0.3, -0.25) is 0 Å². The zero-order valence-electron chi connectivity index (χ0n) is 12.0. The molecule has 0 heterocycles. The van der Waals surface area contributed by atoms with Crippen molar-refractivity contribution in [2.75, 3.05) is 25.1 Å². The molecule has 0 fully saturated rings. The number of rotatable bonds is 9. The highest BCUT2D eigenvalue weighted by atomic mass is 79.9. The van der Waals surface area contributed by atoms with Gasteiger partial charge in [0.2, 0.25) is 0 Å². The van der Waals surface area contributed by atoms with Crippen LogP contribution in [0.1, 0.15) is 32.8 Å². The van der Waals surface area contributed by atoms with Crippen LogP contribution in [0.2, 0.25) is 0 Å². The molecule has 0 saturated heterocycles. The van der Waals surface area contributed by atoms with Crippen molar-refractivity contribution in [1.29, 1.82) is 0 Å². The van der Waals surface area contributed by atoms with Gasteiger partial charge in [-0.2, -0.15) is 0 Å². The number of hydrogen-bond acceptors (Lipinski definition) is 3. The first-order valence-electron chi connectivity index (χ1n) is 6.96. The molecule has 0 aliphatic carbocycles. The SMILES string of the molecule is CCOC(CCNc1ccc(Br)cc1CC)OCC. The molecule has 3 nitrogen and oxygen atoms in total. The zero-order chi connectivity index (χ0) is 14.1. The highest BCUT2D eigenvalue weighted by molar-refractivity contribution is 9.10. The second-order valence-corrected chi connectivity index (χ2v) is 5.13. The number of benzene rings is 1. The lowest BCUT2D eigenvalue weighted by molar-refractivity contribution is -0.137. The molecule has 0 bridgehead atoms. The Morgan fingerprint density at radius 3 is 2.42 bits per heavy atom. The molecule has 1 aromatic carbocycles. The Hall–Kier alpha value is -0.580. The Labute approximate surface area is 124 Å². The Morgan fingerprint density at radius 2 is 1.84 bits per heavy atom. The molecule has 0 aliphatic heterocycles. The molecule has 0 atom stereocenters. The lowest BCUT2D eigenvalue weighted by atomic mass is 10.1. The Morgan fingerprint density at radius 1 is 1.16 bits per heavy atom. The molecule has 0 amide bonds. The van der Waals surface area contributed by atoms with Gasteiger partial charge in [0.15, 0.2) is 6.29 Å². The first-order chi connectivity index (χ1) is 9.21. The molecule has 0 aliphatic rings. The van der Waals surface area contributed by atoms with Crippen LogP contribution in [0.3, 0.4) is 0 Å². The van der Waals surface area contributed by atoms with Crippen molar-refractivity contribution in [3.63, 3.8) is 0 Å². The third-order valence-corrected chi connectivity index (χ3v) is 3.34. The van der Waals surface area contributed by atoms with Crippen LogP contribution in [0, 0.1) is 0 Å². The van der Waals surface area contributed by atoms with E-state index in [1.165, 1.54) is 11.3 Å². The molecule has 0 saturated carbocycles. The van der Waals surface area contributed by atoms with Crippen LogP contribution in [0.25, 0.3) is 0 Å². The first-order valence-corrected chi connectivity index (χ1v) is 7.76. The Bertz CT molecular complexity index is 365. The van der Waals surface area contributed by atoms with Gasteiger partial charge in [0.25, 0.3) is 0 Å². The summed E-state index contributed by atoms with van der Waals surface area (Å²) in [4.78, 5) is 0. The molecule has 0 radical (unpaired) electrons. The van der Waals surface area contributed by atoms with E-state index in [-0.39, 0.29) is 6.29 Å².